The highest BCUT2D eigenvalue weighted by atomic mass is 28.3. The predicted octanol–water partition coefficient (Wildman–Crippen LogP) is 4.77. The van der Waals surface area contributed by atoms with E-state index in [1.54, 1.807) is 24.1 Å². The second-order valence-electron chi connectivity index (χ2n) is 12.7. The lowest BCUT2D eigenvalue weighted by molar-refractivity contribution is 0.0576. The molecule has 0 saturated heterocycles. The zero-order chi connectivity index (χ0) is 33.4. The third kappa shape index (κ3) is 10.1. The number of hydrogen-bond donors (Lipinski definition) is 1. The van der Waals surface area contributed by atoms with Gasteiger partial charge in [0.1, 0.15) is 25.0 Å². The van der Waals surface area contributed by atoms with E-state index in [0.717, 1.165) is 12.1 Å². The average molecular weight is 661 g/mol. The molecule has 0 radical (unpaired) electrons. The lowest BCUT2D eigenvalue weighted by Crippen LogP contribution is -2.22. The zero-order valence-electron chi connectivity index (χ0n) is 27.5. The van der Waals surface area contributed by atoms with Crippen molar-refractivity contribution >= 4 is 50.2 Å². The van der Waals surface area contributed by atoms with Gasteiger partial charge in [-0.3, -0.25) is 0 Å². The SMILES string of the molecule is COC(=O)c1nn(COCC[Si](C)(C)C)c2ncc(O)cc12.COC(=O)c1nn(COCC[Si](C)(C)C)c2ncc(OC)cc12. The summed E-state index contributed by atoms with van der Waals surface area (Å²) in [4.78, 5) is 32.1. The first kappa shape index (κ1) is 35.6. The van der Waals surface area contributed by atoms with Crippen molar-refractivity contribution in [3.8, 4) is 11.5 Å². The molecular weight excluding hydrogens is 617 g/mol. The van der Waals surface area contributed by atoms with Crippen LogP contribution in [-0.2, 0) is 32.4 Å². The van der Waals surface area contributed by atoms with Gasteiger partial charge < -0.3 is 28.8 Å². The maximum absolute atomic E-state index is 11.9. The minimum atomic E-state index is -1.15. The molecule has 1 N–H and O–H groups in total. The van der Waals surface area contributed by atoms with Crippen LogP contribution >= 0.6 is 0 Å². The standard InChI is InChI=1S/C15H23N3O4Si.C14H21N3O4Si/c1-20-11-8-12-13(15(19)21-2)17-18(14(12)16-9-11)10-22-6-7-23(3,4)5;1-20-14(19)12-11-7-10(18)8-15-13(11)17(16-12)9-21-5-6-22(2,3)4/h8-9H,6-7,10H2,1-5H3;7-8,18H,5-6,9H2,1-4H3. The summed E-state index contributed by atoms with van der Waals surface area (Å²) in [6.45, 7) is 15.5. The fourth-order valence-corrected chi connectivity index (χ4v) is 5.45. The lowest BCUT2D eigenvalue weighted by Gasteiger charge is -2.15. The second-order valence-corrected chi connectivity index (χ2v) is 23.9. The number of rotatable bonds is 13. The van der Waals surface area contributed by atoms with Crippen molar-refractivity contribution in [3.63, 3.8) is 0 Å². The topological polar surface area (TPSA) is 162 Å². The quantitative estimate of drug-likeness (QED) is 0.119. The number of nitrogens with zero attached hydrogens (tertiary/aromatic N) is 6. The Hall–Kier alpha value is -3.87. The third-order valence-corrected chi connectivity index (χ3v) is 9.96. The molecule has 0 aliphatic rings. The van der Waals surface area contributed by atoms with Gasteiger partial charge >= 0.3 is 11.9 Å². The molecule has 4 heterocycles. The highest BCUT2D eigenvalue weighted by Crippen LogP contribution is 2.23. The fraction of sp³-hybridized carbons (Fsp3) is 0.517. The van der Waals surface area contributed by atoms with Crippen molar-refractivity contribution in [3.05, 3.63) is 35.9 Å². The molecule has 0 amide bonds. The molecule has 0 fully saturated rings. The van der Waals surface area contributed by atoms with Gasteiger partial charge in [0.25, 0.3) is 0 Å². The van der Waals surface area contributed by atoms with Crippen LogP contribution in [0.2, 0.25) is 51.4 Å². The van der Waals surface area contributed by atoms with Crippen LogP contribution in [0.4, 0.5) is 0 Å². The van der Waals surface area contributed by atoms with Gasteiger partial charge in [0.2, 0.25) is 0 Å². The molecule has 0 aliphatic carbocycles. The highest BCUT2D eigenvalue weighted by molar-refractivity contribution is 6.76. The van der Waals surface area contributed by atoms with Crippen LogP contribution in [0.5, 0.6) is 11.5 Å². The molecule has 45 heavy (non-hydrogen) atoms. The Morgan fingerprint density at radius 2 is 1.18 bits per heavy atom. The molecule has 0 atom stereocenters. The maximum Gasteiger partial charge on any atom is 0.359 e. The molecule has 4 rings (SSSR count). The second kappa shape index (κ2) is 15.4. The molecule has 246 valence electrons. The number of methoxy groups -OCH3 is 3. The molecule has 14 nitrogen and oxygen atoms in total. The van der Waals surface area contributed by atoms with Crippen LogP contribution in [0.15, 0.2) is 24.5 Å². The van der Waals surface area contributed by atoms with Gasteiger partial charge in [0, 0.05) is 29.4 Å². The van der Waals surface area contributed by atoms with Gasteiger partial charge in [-0.2, -0.15) is 10.2 Å². The number of esters is 2. The summed E-state index contributed by atoms with van der Waals surface area (Å²) < 4.78 is 29.1. The Morgan fingerprint density at radius 1 is 0.733 bits per heavy atom. The van der Waals surface area contributed by atoms with Crippen molar-refractivity contribution in [2.24, 2.45) is 0 Å². The van der Waals surface area contributed by atoms with E-state index in [1.807, 2.05) is 0 Å². The molecule has 0 aromatic carbocycles. The summed E-state index contributed by atoms with van der Waals surface area (Å²) >= 11 is 0. The van der Waals surface area contributed by atoms with E-state index in [2.05, 4.69) is 59.4 Å². The molecule has 0 spiro atoms. The minimum Gasteiger partial charge on any atom is -0.506 e. The van der Waals surface area contributed by atoms with Gasteiger partial charge in [-0.15, -0.1) is 0 Å². The van der Waals surface area contributed by atoms with Crippen LogP contribution in [0, 0.1) is 0 Å². The monoisotopic (exact) mass is 660 g/mol. The Labute approximate surface area is 264 Å². The normalized spacial score (nSPS) is 11.8. The molecule has 0 aliphatic heterocycles. The minimum absolute atomic E-state index is 0.0307. The van der Waals surface area contributed by atoms with Crippen LogP contribution in [0.3, 0.4) is 0 Å². The van der Waals surface area contributed by atoms with Gasteiger partial charge in [-0.1, -0.05) is 39.3 Å². The lowest BCUT2D eigenvalue weighted by atomic mass is 10.2. The van der Waals surface area contributed by atoms with E-state index in [0.29, 0.717) is 41.0 Å². The van der Waals surface area contributed by atoms with Gasteiger partial charge in [0.15, 0.2) is 22.7 Å². The van der Waals surface area contributed by atoms with Gasteiger partial charge in [0.05, 0.1) is 44.5 Å². The van der Waals surface area contributed by atoms with Gasteiger partial charge in [-0.25, -0.2) is 28.9 Å². The Balaban J connectivity index is 0.000000246. The van der Waals surface area contributed by atoms with Crippen LogP contribution in [-0.4, -0.2) is 97.3 Å². The Morgan fingerprint density at radius 3 is 1.60 bits per heavy atom. The third-order valence-electron chi connectivity index (χ3n) is 6.55. The summed E-state index contributed by atoms with van der Waals surface area (Å²) in [5.41, 5.74) is 1.38. The number of hydrogen-bond acceptors (Lipinski definition) is 12. The van der Waals surface area contributed by atoms with Crippen molar-refractivity contribution in [1.82, 2.24) is 29.5 Å². The first-order valence-corrected chi connectivity index (χ1v) is 21.9. The number of carbonyl (C=O) groups excluding carboxylic acids is 2. The summed E-state index contributed by atoms with van der Waals surface area (Å²) in [5.74, 6) is -0.553. The van der Waals surface area contributed by atoms with E-state index in [1.165, 1.54) is 31.2 Å². The number of carbonyl (C=O) groups is 2. The van der Waals surface area contributed by atoms with E-state index in [-0.39, 0.29) is 30.6 Å². The Kier molecular flexibility index (Phi) is 12.2. The number of aromatic nitrogens is 6. The van der Waals surface area contributed by atoms with E-state index in [9.17, 15) is 14.7 Å². The summed E-state index contributed by atoms with van der Waals surface area (Å²) in [6, 6.07) is 5.28. The summed E-state index contributed by atoms with van der Waals surface area (Å²) in [6.07, 6.45) is 2.90. The van der Waals surface area contributed by atoms with Crippen LogP contribution in [0.1, 0.15) is 21.0 Å². The molecule has 0 bridgehead atoms. The van der Waals surface area contributed by atoms with Gasteiger partial charge in [-0.05, 0) is 24.2 Å². The number of aromatic hydroxyl groups is 1. The number of fused-ring (bicyclic) bond motifs is 2. The summed E-state index contributed by atoms with van der Waals surface area (Å²) in [7, 11) is 1.86. The van der Waals surface area contributed by atoms with Crippen molar-refractivity contribution in [1.29, 1.82) is 0 Å². The van der Waals surface area contributed by atoms with Crippen molar-refractivity contribution < 1.29 is 38.4 Å². The average Bonchev–Trinajstić information content (AvgIpc) is 3.53. The fourth-order valence-electron chi connectivity index (χ4n) is 3.93. The van der Waals surface area contributed by atoms with E-state index >= 15 is 0 Å². The zero-order valence-corrected chi connectivity index (χ0v) is 29.5. The molecule has 16 heteroatoms. The molecule has 4 aromatic heterocycles. The highest BCUT2D eigenvalue weighted by Gasteiger charge is 2.21. The Bertz CT molecular complexity index is 1610. The number of pyridine rings is 2. The maximum atomic E-state index is 11.9. The van der Waals surface area contributed by atoms with E-state index < -0.39 is 28.1 Å². The predicted molar refractivity (Wildman–Crippen MR) is 174 cm³/mol. The summed E-state index contributed by atoms with van der Waals surface area (Å²) in [5, 5.41) is 19.0. The van der Waals surface area contributed by atoms with Crippen LogP contribution in [0.25, 0.3) is 22.1 Å². The smallest absolute Gasteiger partial charge is 0.359 e. The largest absolute Gasteiger partial charge is 0.506 e. The number of ether oxygens (including phenoxy) is 5. The molecule has 4 aromatic rings. The van der Waals surface area contributed by atoms with Crippen molar-refractivity contribution in [2.75, 3.05) is 34.5 Å². The van der Waals surface area contributed by atoms with Crippen LogP contribution < -0.4 is 4.74 Å². The first-order valence-electron chi connectivity index (χ1n) is 14.5. The molecule has 0 unspecified atom stereocenters. The first-order chi connectivity index (χ1) is 21.2. The van der Waals surface area contributed by atoms with Crippen molar-refractivity contribution in [2.45, 2.75) is 64.8 Å². The van der Waals surface area contributed by atoms with E-state index in [4.69, 9.17) is 23.7 Å². The molecular formula is C29H44N6O8Si2. The molecule has 0 saturated carbocycles.